The van der Waals surface area contributed by atoms with Gasteiger partial charge < -0.3 is 11.5 Å². The van der Waals surface area contributed by atoms with E-state index in [-0.39, 0.29) is 5.41 Å². The summed E-state index contributed by atoms with van der Waals surface area (Å²) in [5.74, 6) is 0.447. The van der Waals surface area contributed by atoms with Crippen molar-refractivity contribution in [3.8, 4) is 0 Å². The summed E-state index contributed by atoms with van der Waals surface area (Å²) in [4.78, 5) is 0. The third-order valence-corrected chi connectivity index (χ3v) is 3.94. The number of hydrogen-bond acceptors (Lipinski definition) is 2. The Hall–Kier alpha value is -0.860. The Labute approximate surface area is 118 Å². The highest BCUT2D eigenvalue weighted by Gasteiger charge is 2.15. The molecule has 0 atom stereocenters. The first kappa shape index (κ1) is 16.2. The third-order valence-electron chi connectivity index (χ3n) is 3.94. The minimum Gasteiger partial charge on any atom is -0.330 e. The second-order valence-electron chi connectivity index (χ2n) is 6.46. The van der Waals surface area contributed by atoms with Crippen LogP contribution in [-0.2, 0) is 18.3 Å². The van der Waals surface area contributed by atoms with Gasteiger partial charge in [0.05, 0.1) is 0 Å². The fraction of sp³-hybridized carbons (Fsp3) is 0.647. The highest BCUT2D eigenvalue weighted by molar-refractivity contribution is 5.35. The van der Waals surface area contributed by atoms with Gasteiger partial charge in [0.1, 0.15) is 0 Å². The summed E-state index contributed by atoms with van der Waals surface area (Å²) in [6, 6.07) is 6.93. The number of nitrogens with two attached hydrogens (primary N) is 2. The summed E-state index contributed by atoms with van der Waals surface area (Å²) in [6.07, 6.45) is 3.27. The smallest absolute Gasteiger partial charge is 0.00367 e. The van der Waals surface area contributed by atoms with E-state index < -0.39 is 0 Å². The van der Waals surface area contributed by atoms with E-state index >= 15 is 0 Å². The quantitative estimate of drug-likeness (QED) is 0.828. The normalized spacial score (nSPS) is 12.2. The van der Waals surface area contributed by atoms with Crippen LogP contribution in [0.3, 0.4) is 0 Å². The second kappa shape index (κ2) is 7.06. The molecule has 1 aromatic carbocycles. The Morgan fingerprint density at radius 1 is 1.05 bits per heavy atom. The van der Waals surface area contributed by atoms with Gasteiger partial charge in [0.15, 0.2) is 0 Å². The van der Waals surface area contributed by atoms with Crippen molar-refractivity contribution in [2.45, 2.75) is 52.4 Å². The van der Waals surface area contributed by atoms with Crippen molar-refractivity contribution in [3.05, 3.63) is 34.9 Å². The molecular weight excluding hydrogens is 232 g/mol. The first-order valence-electron chi connectivity index (χ1n) is 7.44. The number of aryl methyl sites for hydroxylation is 2. The van der Waals surface area contributed by atoms with Gasteiger partial charge in [-0.05, 0) is 60.4 Å². The van der Waals surface area contributed by atoms with Crippen LogP contribution in [0.25, 0.3) is 0 Å². The molecule has 1 rings (SSSR count). The lowest BCUT2D eigenvalue weighted by molar-refractivity contribution is 0.506. The van der Waals surface area contributed by atoms with Gasteiger partial charge in [0.2, 0.25) is 0 Å². The van der Waals surface area contributed by atoms with Gasteiger partial charge in [0.25, 0.3) is 0 Å². The van der Waals surface area contributed by atoms with Crippen molar-refractivity contribution >= 4 is 0 Å². The van der Waals surface area contributed by atoms with Gasteiger partial charge in [-0.25, -0.2) is 0 Å². The zero-order valence-electron chi connectivity index (χ0n) is 13.0. The molecule has 0 radical (unpaired) electrons. The molecule has 4 N–H and O–H groups in total. The molecule has 0 fully saturated rings. The van der Waals surface area contributed by atoms with Gasteiger partial charge in [-0.3, -0.25) is 0 Å². The summed E-state index contributed by atoms with van der Waals surface area (Å²) in [5.41, 5.74) is 16.0. The molecule has 0 amide bonds. The molecule has 0 saturated carbocycles. The van der Waals surface area contributed by atoms with Crippen molar-refractivity contribution < 1.29 is 0 Å². The van der Waals surface area contributed by atoms with Crippen molar-refractivity contribution in [3.63, 3.8) is 0 Å². The lowest BCUT2D eigenvalue weighted by Gasteiger charge is -2.22. The molecule has 0 spiro atoms. The average molecular weight is 262 g/mol. The minimum atomic E-state index is 0.210. The van der Waals surface area contributed by atoms with Gasteiger partial charge in [-0.2, -0.15) is 0 Å². The van der Waals surface area contributed by atoms with E-state index in [1.165, 1.54) is 16.7 Å². The van der Waals surface area contributed by atoms with Crippen molar-refractivity contribution in [1.29, 1.82) is 0 Å². The van der Waals surface area contributed by atoms with E-state index in [0.717, 1.165) is 19.3 Å². The lowest BCUT2D eigenvalue weighted by Crippen LogP contribution is -2.23. The molecule has 0 heterocycles. The molecule has 2 heteroatoms. The van der Waals surface area contributed by atoms with Crippen molar-refractivity contribution in [2.75, 3.05) is 13.1 Å². The second-order valence-corrected chi connectivity index (χ2v) is 6.46. The SMILES string of the molecule is CCc1ccc(C(C)(C)C)cc1CCC(CN)CN. The van der Waals surface area contributed by atoms with E-state index in [0.29, 0.717) is 19.0 Å². The first-order chi connectivity index (χ1) is 8.92. The summed E-state index contributed by atoms with van der Waals surface area (Å²) in [7, 11) is 0. The molecular formula is C17H30N2. The predicted molar refractivity (Wildman–Crippen MR) is 84.4 cm³/mol. The molecule has 0 aromatic heterocycles. The van der Waals surface area contributed by atoms with E-state index in [1.54, 1.807) is 0 Å². The number of rotatable bonds is 6. The Bertz CT molecular complexity index is 387. The van der Waals surface area contributed by atoms with E-state index in [1.807, 2.05) is 0 Å². The van der Waals surface area contributed by atoms with Crippen molar-refractivity contribution in [2.24, 2.45) is 17.4 Å². The van der Waals surface area contributed by atoms with E-state index in [9.17, 15) is 0 Å². The van der Waals surface area contributed by atoms with Crippen LogP contribution in [0, 0.1) is 5.92 Å². The maximum Gasteiger partial charge on any atom is -0.00367 e. The Kier molecular flexibility index (Phi) is 6.02. The Balaban J connectivity index is 2.90. The predicted octanol–water partition coefficient (Wildman–Crippen LogP) is 3.01. The van der Waals surface area contributed by atoms with Crippen LogP contribution in [0.2, 0.25) is 0 Å². The Morgan fingerprint density at radius 2 is 1.68 bits per heavy atom. The highest BCUT2D eigenvalue weighted by atomic mass is 14.6. The summed E-state index contributed by atoms with van der Waals surface area (Å²) >= 11 is 0. The maximum atomic E-state index is 5.74. The molecule has 0 aliphatic heterocycles. The molecule has 108 valence electrons. The van der Waals surface area contributed by atoms with Crippen LogP contribution in [0.1, 0.15) is 50.8 Å². The highest BCUT2D eigenvalue weighted by Crippen LogP contribution is 2.26. The molecule has 0 aliphatic rings. The summed E-state index contributed by atoms with van der Waals surface area (Å²) in [5, 5.41) is 0. The standard InChI is InChI=1S/C17H30N2/c1-5-14-8-9-16(17(2,3)4)10-15(14)7-6-13(11-18)12-19/h8-10,13H,5-7,11-12,18-19H2,1-4H3. The molecule has 0 saturated heterocycles. The molecule has 0 unspecified atom stereocenters. The topological polar surface area (TPSA) is 52.0 Å². The molecule has 0 aliphatic carbocycles. The zero-order chi connectivity index (χ0) is 14.5. The molecule has 2 nitrogen and oxygen atoms in total. The van der Waals surface area contributed by atoms with Crippen LogP contribution in [0.5, 0.6) is 0 Å². The maximum absolute atomic E-state index is 5.74. The van der Waals surface area contributed by atoms with Crippen LogP contribution in [0.4, 0.5) is 0 Å². The monoisotopic (exact) mass is 262 g/mol. The first-order valence-corrected chi connectivity index (χ1v) is 7.44. The lowest BCUT2D eigenvalue weighted by atomic mass is 9.84. The van der Waals surface area contributed by atoms with Gasteiger partial charge in [-0.15, -0.1) is 0 Å². The molecule has 0 bridgehead atoms. The van der Waals surface area contributed by atoms with Gasteiger partial charge in [0, 0.05) is 0 Å². The van der Waals surface area contributed by atoms with Crippen LogP contribution >= 0.6 is 0 Å². The van der Waals surface area contributed by atoms with E-state index in [4.69, 9.17) is 11.5 Å². The van der Waals surface area contributed by atoms with Crippen LogP contribution in [0.15, 0.2) is 18.2 Å². The van der Waals surface area contributed by atoms with E-state index in [2.05, 4.69) is 45.9 Å². The fourth-order valence-corrected chi connectivity index (χ4v) is 2.36. The fourth-order valence-electron chi connectivity index (χ4n) is 2.36. The Morgan fingerprint density at radius 3 is 2.16 bits per heavy atom. The van der Waals surface area contributed by atoms with Gasteiger partial charge in [-0.1, -0.05) is 45.9 Å². The summed E-state index contributed by atoms with van der Waals surface area (Å²) in [6.45, 7) is 10.4. The van der Waals surface area contributed by atoms with Crippen molar-refractivity contribution in [1.82, 2.24) is 0 Å². The van der Waals surface area contributed by atoms with Crippen LogP contribution in [-0.4, -0.2) is 13.1 Å². The molecule has 19 heavy (non-hydrogen) atoms. The summed E-state index contributed by atoms with van der Waals surface area (Å²) < 4.78 is 0. The van der Waals surface area contributed by atoms with Crippen LogP contribution < -0.4 is 11.5 Å². The third kappa shape index (κ3) is 4.63. The average Bonchev–Trinajstić information content (AvgIpc) is 2.38. The zero-order valence-corrected chi connectivity index (χ0v) is 13.0. The minimum absolute atomic E-state index is 0.210. The largest absolute Gasteiger partial charge is 0.330 e. The van der Waals surface area contributed by atoms with Gasteiger partial charge >= 0.3 is 0 Å². The molecule has 1 aromatic rings. The number of benzene rings is 1. The number of hydrogen-bond donors (Lipinski definition) is 2.